The molecule has 2 unspecified atom stereocenters. The molecule has 19 heavy (non-hydrogen) atoms. The van der Waals surface area contributed by atoms with Crippen LogP contribution in [0.3, 0.4) is 0 Å². The average Bonchev–Trinajstić information content (AvgIpc) is 2.81. The van der Waals surface area contributed by atoms with Gasteiger partial charge in [-0.3, -0.25) is 4.79 Å². The van der Waals surface area contributed by atoms with Crippen molar-refractivity contribution in [2.45, 2.75) is 26.3 Å². The molecule has 1 aliphatic rings. The smallest absolute Gasteiger partial charge is 0.224 e. The molecule has 0 spiro atoms. The molecule has 1 amide bonds. The first-order chi connectivity index (χ1) is 9.16. The molecular weight excluding hydrogens is 240 g/mol. The van der Waals surface area contributed by atoms with Gasteiger partial charge in [-0.1, -0.05) is 12.1 Å². The van der Waals surface area contributed by atoms with Gasteiger partial charge in [-0.15, -0.1) is 0 Å². The highest BCUT2D eigenvalue weighted by Gasteiger charge is 2.28. The van der Waals surface area contributed by atoms with Crippen LogP contribution in [0.2, 0.25) is 0 Å². The van der Waals surface area contributed by atoms with Gasteiger partial charge >= 0.3 is 0 Å². The summed E-state index contributed by atoms with van der Waals surface area (Å²) in [7, 11) is 0. The third-order valence-corrected chi connectivity index (χ3v) is 3.52. The third kappa shape index (κ3) is 3.96. The molecule has 4 heteroatoms. The molecule has 1 aromatic carbocycles. The van der Waals surface area contributed by atoms with Crippen molar-refractivity contribution in [3.8, 4) is 5.75 Å². The Hall–Kier alpha value is -1.55. The predicted octanol–water partition coefficient (Wildman–Crippen LogP) is 1.49. The second kappa shape index (κ2) is 6.57. The zero-order valence-electron chi connectivity index (χ0n) is 11.6. The molecule has 1 saturated heterocycles. The van der Waals surface area contributed by atoms with Crippen LogP contribution < -0.4 is 15.4 Å². The molecule has 0 aromatic heterocycles. The van der Waals surface area contributed by atoms with E-state index in [0.717, 1.165) is 18.7 Å². The number of amides is 1. The Morgan fingerprint density at radius 2 is 2.37 bits per heavy atom. The monoisotopic (exact) mass is 262 g/mol. The normalized spacial score (nSPS) is 22.2. The lowest BCUT2D eigenvalue weighted by Gasteiger charge is -2.15. The van der Waals surface area contributed by atoms with Crippen LogP contribution in [0.1, 0.15) is 18.9 Å². The quantitative estimate of drug-likeness (QED) is 0.790. The molecular formula is C15H22N2O2. The van der Waals surface area contributed by atoms with Gasteiger partial charge in [0, 0.05) is 6.04 Å². The van der Waals surface area contributed by atoms with E-state index in [0.29, 0.717) is 13.2 Å². The number of ether oxygens (including phenoxy) is 1. The first-order valence-corrected chi connectivity index (χ1v) is 6.87. The Labute approximate surface area is 114 Å². The summed E-state index contributed by atoms with van der Waals surface area (Å²) in [5.41, 5.74) is 1.17. The summed E-state index contributed by atoms with van der Waals surface area (Å²) >= 11 is 0. The third-order valence-electron chi connectivity index (χ3n) is 3.52. The van der Waals surface area contributed by atoms with Gasteiger partial charge < -0.3 is 15.4 Å². The summed E-state index contributed by atoms with van der Waals surface area (Å²) in [5, 5.41) is 6.22. The maximum Gasteiger partial charge on any atom is 0.224 e. The number of nitrogens with one attached hydrogen (secondary N) is 2. The molecule has 0 radical (unpaired) electrons. The molecule has 1 aliphatic heterocycles. The molecule has 1 heterocycles. The van der Waals surface area contributed by atoms with Crippen LogP contribution in [-0.4, -0.2) is 31.6 Å². The van der Waals surface area contributed by atoms with E-state index in [1.165, 1.54) is 5.56 Å². The van der Waals surface area contributed by atoms with E-state index in [1.807, 2.05) is 31.2 Å². The van der Waals surface area contributed by atoms with Crippen molar-refractivity contribution < 1.29 is 9.53 Å². The minimum absolute atomic E-state index is 0.0963. The molecule has 0 aliphatic carbocycles. The minimum Gasteiger partial charge on any atom is -0.492 e. The van der Waals surface area contributed by atoms with Crippen molar-refractivity contribution in [3.63, 3.8) is 0 Å². The Kier molecular flexibility index (Phi) is 4.80. The number of aryl methyl sites for hydroxylation is 1. The van der Waals surface area contributed by atoms with E-state index < -0.39 is 0 Å². The fraction of sp³-hybridized carbons (Fsp3) is 0.533. The summed E-state index contributed by atoms with van der Waals surface area (Å²) in [4.78, 5) is 11.9. The topological polar surface area (TPSA) is 50.4 Å². The van der Waals surface area contributed by atoms with Crippen LogP contribution in [0.15, 0.2) is 24.3 Å². The second-order valence-electron chi connectivity index (χ2n) is 5.09. The summed E-state index contributed by atoms with van der Waals surface area (Å²) in [6, 6.07) is 8.19. The van der Waals surface area contributed by atoms with Crippen molar-refractivity contribution in [2.75, 3.05) is 19.7 Å². The van der Waals surface area contributed by atoms with Crippen LogP contribution in [0.5, 0.6) is 5.75 Å². The van der Waals surface area contributed by atoms with Gasteiger partial charge in [0.25, 0.3) is 0 Å². The maximum absolute atomic E-state index is 11.9. The molecule has 1 aromatic rings. The van der Waals surface area contributed by atoms with Gasteiger partial charge in [-0.2, -0.15) is 0 Å². The Morgan fingerprint density at radius 1 is 1.53 bits per heavy atom. The highest BCUT2D eigenvalue weighted by molar-refractivity contribution is 5.79. The molecule has 0 bridgehead atoms. The van der Waals surface area contributed by atoms with E-state index in [-0.39, 0.29) is 17.9 Å². The summed E-state index contributed by atoms with van der Waals surface area (Å²) in [6.45, 7) is 6.07. The van der Waals surface area contributed by atoms with E-state index in [4.69, 9.17) is 4.74 Å². The Bertz CT molecular complexity index is 434. The standard InChI is InChI=1S/C15H22N2O2/c1-11-4-3-5-13(10-11)19-9-8-17-15(18)14-6-7-16-12(14)2/h3-5,10,12,14,16H,6-9H2,1-2H3,(H,17,18). The Morgan fingerprint density at radius 3 is 3.05 bits per heavy atom. The molecule has 2 rings (SSSR count). The van der Waals surface area contributed by atoms with E-state index in [9.17, 15) is 4.79 Å². The molecule has 4 nitrogen and oxygen atoms in total. The van der Waals surface area contributed by atoms with Gasteiger partial charge in [0.05, 0.1) is 12.5 Å². The molecule has 2 N–H and O–H groups in total. The summed E-state index contributed by atoms with van der Waals surface area (Å²) in [6.07, 6.45) is 0.922. The van der Waals surface area contributed by atoms with Crippen LogP contribution in [0, 0.1) is 12.8 Å². The minimum atomic E-state index is 0.0963. The Balaban J connectivity index is 1.68. The summed E-state index contributed by atoms with van der Waals surface area (Å²) < 4.78 is 5.60. The van der Waals surface area contributed by atoms with E-state index >= 15 is 0 Å². The first kappa shape index (κ1) is 13.9. The maximum atomic E-state index is 11.9. The van der Waals surface area contributed by atoms with Crippen molar-refractivity contribution >= 4 is 5.91 Å². The lowest BCUT2D eigenvalue weighted by Crippen LogP contribution is -2.38. The van der Waals surface area contributed by atoms with Crippen LogP contribution in [0.25, 0.3) is 0 Å². The number of benzene rings is 1. The second-order valence-corrected chi connectivity index (χ2v) is 5.09. The summed E-state index contributed by atoms with van der Waals surface area (Å²) in [5.74, 6) is 1.08. The van der Waals surface area contributed by atoms with Gasteiger partial charge in [0.2, 0.25) is 5.91 Å². The average molecular weight is 262 g/mol. The van der Waals surface area contributed by atoms with Gasteiger partial charge in [-0.05, 0) is 44.5 Å². The number of carbonyl (C=O) groups is 1. The molecule has 2 atom stereocenters. The molecule has 0 saturated carbocycles. The van der Waals surface area contributed by atoms with Crippen molar-refractivity contribution in [1.82, 2.24) is 10.6 Å². The fourth-order valence-electron chi connectivity index (χ4n) is 2.40. The molecule has 1 fully saturated rings. The van der Waals surface area contributed by atoms with Crippen LogP contribution >= 0.6 is 0 Å². The molecule has 104 valence electrons. The predicted molar refractivity (Wildman–Crippen MR) is 75.3 cm³/mol. The van der Waals surface area contributed by atoms with Gasteiger partial charge in [0.1, 0.15) is 12.4 Å². The van der Waals surface area contributed by atoms with E-state index in [2.05, 4.69) is 17.6 Å². The SMILES string of the molecule is Cc1cccc(OCCNC(=O)C2CCNC2C)c1. The zero-order valence-corrected chi connectivity index (χ0v) is 11.6. The first-order valence-electron chi connectivity index (χ1n) is 6.87. The van der Waals surface area contributed by atoms with Crippen molar-refractivity contribution in [3.05, 3.63) is 29.8 Å². The zero-order chi connectivity index (χ0) is 13.7. The number of hydrogen-bond acceptors (Lipinski definition) is 3. The number of carbonyl (C=O) groups excluding carboxylic acids is 1. The van der Waals surface area contributed by atoms with E-state index in [1.54, 1.807) is 0 Å². The van der Waals surface area contributed by atoms with Crippen molar-refractivity contribution in [2.24, 2.45) is 5.92 Å². The lowest BCUT2D eigenvalue weighted by atomic mass is 10.0. The number of hydrogen-bond donors (Lipinski definition) is 2. The highest BCUT2D eigenvalue weighted by Crippen LogP contribution is 2.15. The number of rotatable bonds is 5. The van der Waals surface area contributed by atoms with Crippen molar-refractivity contribution in [1.29, 1.82) is 0 Å². The van der Waals surface area contributed by atoms with Gasteiger partial charge in [0.15, 0.2) is 0 Å². The van der Waals surface area contributed by atoms with Gasteiger partial charge in [-0.25, -0.2) is 0 Å². The van der Waals surface area contributed by atoms with Crippen LogP contribution in [0.4, 0.5) is 0 Å². The fourth-order valence-corrected chi connectivity index (χ4v) is 2.40. The van der Waals surface area contributed by atoms with Crippen LogP contribution in [-0.2, 0) is 4.79 Å². The largest absolute Gasteiger partial charge is 0.492 e. The lowest BCUT2D eigenvalue weighted by molar-refractivity contribution is -0.125. The highest BCUT2D eigenvalue weighted by atomic mass is 16.5.